The lowest BCUT2D eigenvalue weighted by molar-refractivity contribution is -0.118. The Kier molecular flexibility index (Phi) is 32.1. The molecule has 6 unspecified atom stereocenters. The average molecular weight is 699 g/mol. The Morgan fingerprint density at radius 2 is 1.12 bits per heavy atom. The van der Waals surface area contributed by atoms with Gasteiger partial charge in [-0.1, -0.05) is 5.18 Å². The molecule has 0 aliphatic heterocycles. The molecule has 0 amide bonds. The van der Waals surface area contributed by atoms with Gasteiger partial charge in [-0.25, -0.2) is 0 Å². The lowest BCUT2D eigenvalue weighted by Crippen LogP contribution is -2.50. The molecule has 0 fully saturated rings. The Labute approximate surface area is 285 Å². The number of hydrogen-bond donors (Lipinski definition) is 6. The van der Waals surface area contributed by atoms with Crippen LogP contribution in [-0.4, -0.2) is 198 Å². The quantitative estimate of drug-likeness (QED) is 0.0233. The van der Waals surface area contributed by atoms with E-state index in [1.54, 1.807) is 0 Å². The van der Waals surface area contributed by atoms with Crippen LogP contribution in [0.25, 0.3) is 0 Å². The summed E-state index contributed by atoms with van der Waals surface area (Å²) in [6.07, 6.45) is -6.40. The van der Waals surface area contributed by atoms with Gasteiger partial charge in [-0.05, 0) is 32.6 Å². The van der Waals surface area contributed by atoms with E-state index in [0.29, 0.717) is 72.5 Å². The molecule has 0 aliphatic carbocycles. The molecule has 18 heteroatoms. The van der Waals surface area contributed by atoms with Crippen molar-refractivity contribution in [3.05, 3.63) is 4.91 Å². The molecule has 282 valence electrons. The van der Waals surface area contributed by atoms with Crippen molar-refractivity contribution < 1.29 is 68.5 Å². The molecule has 0 aromatic carbocycles. The topological polar surface area (TPSA) is 236 Å². The van der Waals surface area contributed by atoms with Crippen LogP contribution in [0.2, 0.25) is 0 Å². The molecule has 0 aromatic heterocycles. The second kappa shape index (κ2) is 32.9. The molecular formula is C30H59BN2O15. The fourth-order valence-electron chi connectivity index (χ4n) is 4.21. The largest absolute Gasteiger partial charge is 0.442 e. The highest BCUT2D eigenvalue weighted by atomic mass is 16.6. The highest BCUT2D eigenvalue weighted by Gasteiger charge is 2.30. The van der Waals surface area contributed by atoms with E-state index in [4.69, 9.17) is 41.6 Å². The fraction of sp³-hybridized carbons (Fsp3) is 0.967. The zero-order valence-electron chi connectivity index (χ0n) is 28.3. The Hall–Kier alpha value is -1.23. The number of carbonyl (C=O) groups excluding carboxylic acids is 1. The number of ether oxygens (including phenoxy) is 6. The number of carbonyl (C=O) groups is 1. The van der Waals surface area contributed by atoms with Gasteiger partial charge in [0.15, 0.2) is 0 Å². The number of aliphatic hydroxyl groups is 6. The molecule has 0 bridgehead atoms. The van der Waals surface area contributed by atoms with Crippen molar-refractivity contribution in [3.8, 4) is 0 Å². The first-order chi connectivity index (χ1) is 23.2. The number of unbranched alkanes of at least 4 members (excludes halogenated alkanes) is 1. The molecule has 6 N–H and O–H groups in total. The van der Waals surface area contributed by atoms with Crippen molar-refractivity contribution >= 4 is 13.8 Å². The first kappa shape index (κ1) is 46.8. The number of ketones is 1. The van der Waals surface area contributed by atoms with Crippen LogP contribution in [-0.2, 0) is 37.9 Å². The van der Waals surface area contributed by atoms with Crippen molar-refractivity contribution in [1.82, 2.24) is 4.90 Å². The third-order valence-corrected chi connectivity index (χ3v) is 7.02. The van der Waals surface area contributed by atoms with Crippen molar-refractivity contribution in [3.63, 3.8) is 0 Å². The molecule has 0 heterocycles. The van der Waals surface area contributed by atoms with Crippen LogP contribution in [0, 0.1) is 4.91 Å². The van der Waals surface area contributed by atoms with Crippen LogP contribution in [0.15, 0.2) is 5.18 Å². The van der Waals surface area contributed by atoms with Crippen LogP contribution in [0.4, 0.5) is 0 Å². The third kappa shape index (κ3) is 26.6. The van der Waals surface area contributed by atoms with Gasteiger partial charge in [0.25, 0.3) is 8.05 Å². The fourth-order valence-corrected chi connectivity index (χ4v) is 4.21. The smallest absolute Gasteiger partial charge is 0.283 e. The summed E-state index contributed by atoms with van der Waals surface area (Å²) in [7, 11) is 5.17. The minimum absolute atomic E-state index is 0.0155. The molecule has 6 atom stereocenters. The predicted molar refractivity (Wildman–Crippen MR) is 174 cm³/mol. The molecule has 17 nitrogen and oxygen atoms in total. The van der Waals surface area contributed by atoms with E-state index in [9.17, 15) is 35.2 Å². The summed E-state index contributed by atoms with van der Waals surface area (Å²) < 4.78 is 37.4. The average Bonchev–Trinajstić information content (AvgIpc) is 3.07. The molecule has 0 spiro atoms. The van der Waals surface area contributed by atoms with Gasteiger partial charge >= 0.3 is 0 Å². The SMILES string of the molecule is [B]OC(CCO)C(O)C(O)CN(CCOCCOCCCCOCCOCCOCCOCCC(C)=O)CC(O)C(O)C(O)CCN=O. The molecule has 0 saturated heterocycles. The van der Waals surface area contributed by atoms with Gasteiger partial charge in [-0.15, -0.1) is 0 Å². The van der Waals surface area contributed by atoms with Crippen LogP contribution in [0.3, 0.4) is 0 Å². The van der Waals surface area contributed by atoms with Gasteiger partial charge in [-0.3, -0.25) is 9.69 Å². The molecule has 0 aliphatic rings. The minimum atomic E-state index is -1.58. The van der Waals surface area contributed by atoms with E-state index < -0.39 is 36.6 Å². The lowest BCUT2D eigenvalue weighted by atomic mass is 10.0. The van der Waals surface area contributed by atoms with Crippen LogP contribution in [0.1, 0.15) is 39.0 Å². The van der Waals surface area contributed by atoms with Gasteiger partial charge in [-0.2, -0.15) is 4.91 Å². The molecule has 2 radical (unpaired) electrons. The Morgan fingerprint density at radius 1 is 0.667 bits per heavy atom. The van der Waals surface area contributed by atoms with E-state index in [-0.39, 0.29) is 64.6 Å². The first-order valence-corrected chi connectivity index (χ1v) is 16.5. The van der Waals surface area contributed by atoms with E-state index in [0.717, 1.165) is 12.8 Å². The number of rotatable bonds is 37. The standard InChI is InChI=1S/C30H59BN2O15/c1-24(35)6-12-44-16-19-47-21-20-46-18-15-43-11-3-2-10-42-14-17-45-13-8-33(22-26(37)29(39)25(36)4-7-32-41)23-27(38)30(40)28(48-31)5-9-34/h25-30,34,36-40H,2-23H2,1H3. The summed E-state index contributed by atoms with van der Waals surface area (Å²) in [6.45, 7) is 5.86. The number of nitrogens with zero attached hydrogens (tertiary/aromatic N) is 2. The highest BCUT2D eigenvalue weighted by molar-refractivity contribution is 5.98. The van der Waals surface area contributed by atoms with Gasteiger partial charge in [0.2, 0.25) is 0 Å². The zero-order valence-corrected chi connectivity index (χ0v) is 28.3. The molecular weight excluding hydrogens is 639 g/mol. The number of aliphatic hydroxyl groups excluding tert-OH is 6. The maximum atomic E-state index is 10.8. The first-order valence-electron chi connectivity index (χ1n) is 16.5. The lowest BCUT2D eigenvalue weighted by Gasteiger charge is -2.33. The van der Waals surface area contributed by atoms with Gasteiger partial charge in [0.1, 0.15) is 18.0 Å². The third-order valence-electron chi connectivity index (χ3n) is 7.02. The summed E-state index contributed by atoms with van der Waals surface area (Å²) in [4.78, 5) is 22.6. The van der Waals surface area contributed by atoms with E-state index >= 15 is 0 Å². The number of Topliss-reactive ketones (excluding diaryl/α,β-unsaturated/α-hetero) is 1. The normalized spacial score (nSPS) is 15.7. The predicted octanol–water partition coefficient (Wildman–Crippen LogP) is -2.04. The summed E-state index contributed by atoms with van der Waals surface area (Å²) in [6, 6.07) is 0. The molecule has 0 aromatic rings. The zero-order chi connectivity index (χ0) is 35.8. The minimum Gasteiger partial charge on any atom is -0.442 e. The second-order valence-electron chi connectivity index (χ2n) is 11.1. The highest BCUT2D eigenvalue weighted by Crippen LogP contribution is 2.12. The summed E-state index contributed by atoms with van der Waals surface area (Å²) in [5.74, 6) is 0.102. The Morgan fingerprint density at radius 3 is 1.58 bits per heavy atom. The van der Waals surface area contributed by atoms with Gasteiger partial charge in [0.05, 0.1) is 97.0 Å². The maximum Gasteiger partial charge on any atom is 0.283 e. The van der Waals surface area contributed by atoms with Crippen molar-refractivity contribution in [2.75, 3.05) is 112 Å². The number of nitroso groups, excluding NO2 is 1. The maximum absolute atomic E-state index is 10.8. The second-order valence-corrected chi connectivity index (χ2v) is 11.1. The summed E-state index contributed by atoms with van der Waals surface area (Å²) in [5.41, 5.74) is 0. The monoisotopic (exact) mass is 698 g/mol. The Bertz CT molecular complexity index is 748. The molecule has 0 saturated carbocycles. The van der Waals surface area contributed by atoms with E-state index in [1.807, 2.05) is 0 Å². The van der Waals surface area contributed by atoms with Crippen LogP contribution >= 0.6 is 0 Å². The van der Waals surface area contributed by atoms with E-state index in [1.165, 1.54) is 11.8 Å². The van der Waals surface area contributed by atoms with Gasteiger partial charge < -0.3 is 63.7 Å². The van der Waals surface area contributed by atoms with Crippen LogP contribution in [0.5, 0.6) is 0 Å². The number of hydrogen-bond acceptors (Lipinski definition) is 17. The van der Waals surface area contributed by atoms with Crippen molar-refractivity contribution in [1.29, 1.82) is 0 Å². The summed E-state index contributed by atoms with van der Waals surface area (Å²) >= 11 is 0. The molecule has 0 rings (SSSR count). The van der Waals surface area contributed by atoms with Gasteiger partial charge in [0, 0.05) is 45.9 Å². The summed E-state index contributed by atoms with van der Waals surface area (Å²) in [5, 5.41) is 63.4. The molecule has 48 heavy (non-hydrogen) atoms. The van der Waals surface area contributed by atoms with Crippen molar-refractivity contribution in [2.24, 2.45) is 5.18 Å². The van der Waals surface area contributed by atoms with Crippen molar-refractivity contribution in [2.45, 2.75) is 75.7 Å². The van der Waals surface area contributed by atoms with Crippen LogP contribution < -0.4 is 0 Å². The Balaban J connectivity index is 4.10. The van der Waals surface area contributed by atoms with E-state index in [2.05, 4.69) is 9.83 Å².